The van der Waals surface area contributed by atoms with Gasteiger partial charge in [-0.25, -0.2) is 0 Å². The molecule has 2 heterocycles. The van der Waals surface area contributed by atoms with Crippen LogP contribution in [0.2, 0.25) is 0 Å². The van der Waals surface area contributed by atoms with E-state index in [4.69, 9.17) is 4.42 Å². The fourth-order valence-corrected chi connectivity index (χ4v) is 3.76. The summed E-state index contributed by atoms with van der Waals surface area (Å²) in [7, 11) is 0. The molecular weight excluding hydrogens is 264 g/mol. The topological polar surface area (TPSA) is 54.2 Å². The summed E-state index contributed by atoms with van der Waals surface area (Å²) in [5, 5.41) is 11.9. The standard InChI is InChI=1S/C16H28N4O/c1-12(2)10-17-11-15-18-19-16(21-15)20-9-5-7-13-6-3-4-8-14(13)20/h12-14,17H,3-11H2,1-2H3/t13-,14-/m1/s1. The zero-order chi connectivity index (χ0) is 14.7. The third-order valence-corrected chi connectivity index (χ3v) is 4.77. The molecule has 5 heteroatoms. The van der Waals surface area contributed by atoms with E-state index in [1.807, 2.05) is 0 Å². The summed E-state index contributed by atoms with van der Waals surface area (Å²) in [4.78, 5) is 2.38. The summed E-state index contributed by atoms with van der Waals surface area (Å²) >= 11 is 0. The van der Waals surface area contributed by atoms with Gasteiger partial charge in [-0.15, -0.1) is 5.10 Å². The zero-order valence-corrected chi connectivity index (χ0v) is 13.3. The largest absolute Gasteiger partial charge is 0.407 e. The third kappa shape index (κ3) is 3.57. The maximum Gasteiger partial charge on any atom is 0.318 e. The fourth-order valence-electron chi connectivity index (χ4n) is 3.76. The van der Waals surface area contributed by atoms with Gasteiger partial charge in [0.25, 0.3) is 0 Å². The molecule has 118 valence electrons. The number of hydrogen-bond donors (Lipinski definition) is 1. The van der Waals surface area contributed by atoms with Crippen molar-refractivity contribution in [2.75, 3.05) is 18.0 Å². The normalized spacial score (nSPS) is 26.1. The highest BCUT2D eigenvalue weighted by Gasteiger charge is 2.35. The van der Waals surface area contributed by atoms with Crippen LogP contribution in [0.15, 0.2) is 4.42 Å². The molecule has 1 aliphatic carbocycles. The van der Waals surface area contributed by atoms with Crippen molar-refractivity contribution in [1.82, 2.24) is 15.5 Å². The first-order chi connectivity index (χ1) is 10.2. The highest BCUT2D eigenvalue weighted by molar-refractivity contribution is 5.28. The van der Waals surface area contributed by atoms with Gasteiger partial charge in [0, 0.05) is 12.6 Å². The molecule has 0 unspecified atom stereocenters. The monoisotopic (exact) mass is 292 g/mol. The first-order valence-corrected chi connectivity index (χ1v) is 8.54. The van der Waals surface area contributed by atoms with Gasteiger partial charge in [-0.3, -0.25) is 0 Å². The van der Waals surface area contributed by atoms with Gasteiger partial charge in [-0.2, -0.15) is 0 Å². The lowest BCUT2D eigenvalue weighted by Gasteiger charge is -2.43. The molecule has 0 bridgehead atoms. The molecule has 1 saturated carbocycles. The number of rotatable bonds is 5. The second kappa shape index (κ2) is 6.77. The number of nitrogens with zero attached hydrogens (tertiary/aromatic N) is 3. The van der Waals surface area contributed by atoms with Gasteiger partial charge in [0.1, 0.15) is 0 Å². The van der Waals surface area contributed by atoms with Crippen molar-refractivity contribution >= 4 is 6.01 Å². The Labute approximate surface area is 127 Å². The van der Waals surface area contributed by atoms with Gasteiger partial charge in [-0.1, -0.05) is 31.8 Å². The minimum absolute atomic E-state index is 0.629. The molecule has 1 aromatic rings. The lowest BCUT2D eigenvalue weighted by molar-refractivity contribution is 0.234. The summed E-state index contributed by atoms with van der Waals surface area (Å²) in [6.07, 6.45) is 8.02. The van der Waals surface area contributed by atoms with Crippen LogP contribution in [-0.2, 0) is 6.54 Å². The van der Waals surface area contributed by atoms with E-state index >= 15 is 0 Å². The Morgan fingerprint density at radius 1 is 1.19 bits per heavy atom. The van der Waals surface area contributed by atoms with Gasteiger partial charge in [0.15, 0.2) is 0 Å². The number of fused-ring (bicyclic) bond motifs is 1. The molecule has 2 atom stereocenters. The van der Waals surface area contributed by atoms with Crippen LogP contribution >= 0.6 is 0 Å². The maximum absolute atomic E-state index is 5.90. The molecule has 0 aromatic carbocycles. The van der Waals surface area contributed by atoms with Crippen molar-refractivity contribution < 1.29 is 4.42 Å². The molecule has 21 heavy (non-hydrogen) atoms. The van der Waals surface area contributed by atoms with E-state index in [9.17, 15) is 0 Å². The molecule has 0 radical (unpaired) electrons. The SMILES string of the molecule is CC(C)CNCc1nnc(N2CCC[C@H]3CCCC[C@H]32)o1. The lowest BCUT2D eigenvalue weighted by Crippen LogP contribution is -2.47. The predicted molar refractivity (Wildman–Crippen MR) is 83.2 cm³/mol. The molecule has 2 fully saturated rings. The van der Waals surface area contributed by atoms with Crippen molar-refractivity contribution in [1.29, 1.82) is 0 Å². The molecule has 1 aliphatic heterocycles. The van der Waals surface area contributed by atoms with Crippen LogP contribution in [0.3, 0.4) is 0 Å². The Hall–Kier alpha value is -1.10. The van der Waals surface area contributed by atoms with E-state index in [0.29, 0.717) is 24.4 Å². The molecule has 1 N–H and O–H groups in total. The summed E-state index contributed by atoms with van der Waals surface area (Å²) in [5.41, 5.74) is 0. The first kappa shape index (κ1) is 14.8. The Kier molecular flexibility index (Phi) is 4.78. The maximum atomic E-state index is 5.90. The Morgan fingerprint density at radius 2 is 2.00 bits per heavy atom. The summed E-state index contributed by atoms with van der Waals surface area (Å²) in [6.45, 7) is 7.12. The second-order valence-corrected chi connectivity index (χ2v) is 6.95. The van der Waals surface area contributed by atoms with Crippen LogP contribution in [0.25, 0.3) is 0 Å². The van der Waals surface area contributed by atoms with Gasteiger partial charge in [0.05, 0.1) is 6.54 Å². The average molecular weight is 292 g/mol. The van der Waals surface area contributed by atoms with Crippen LogP contribution < -0.4 is 10.2 Å². The molecule has 5 nitrogen and oxygen atoms in total. The van der Waals surface area contributed by atoms with Gasteiger partial charge >= 0.3 is 6.01 Å². The van der Waals surface area contributed by atoms with Crippen molar-refractivity contribution in [3.05, 3.63) is 5.89 Å². The summed E-state index contributed by atoms with van der Waals surface area (Å²) in [5.74, 6) is 2.18. The van der Waals surface area contributed by atoms with Crippen molar-refractivity contribution in [3.8, 4) is 0 Å². The summed E-state index contributed by atoms with van der Waals surface area (Å²) in [6, 6.07) is 1.37. The number of aromatic nitrogens is 2. The van der Waals surface area contributed by atoms with Crippen molar-refractivity contribution in [3.63, 3.8) is 0 Å². The van der Waals surface area contributed by atoms with Crippen LogP contribution in [0.5, 0.6) is 0 Å². The Balaban J connectivity index is 1.61. The Morgan fingerprint density at radius 3 is 2.86 bits per heavy atom. The molecule has 1 aromatic heterocycles. The fraction of sp³-hybridized carbons (Fsp3) is 0.875. The van der Waals surface area contributed by atoms with Crippen LogP contribution in [0.4, 0.5) is 6.01 Å². The lowest BCUT2D eigenvalue weighted by atomic mass is 9.78. The van der Waals surface area contributed by atoms with E-state index in [0.717, 1.165) is 25.0 Å². The van der Waals surface area contributed by atoms with E-state index in [1.54, 1.807) is 0 Å². The number of nitrogens with one attached hydrogen (secondary N) is 1. The first-order valence-electron chi connectivity index (χ1n) is 8.54. The summed E-state index contributed by atoms with van der Waals surface area (Å²) < 4.78 is 5.90. The second-order valence-electron chi connectivity index (χ2n) is 6.95. The molecule has 2 aliphatic rings. The van der Waals surface area contributed by atoms with Gasteiger partial charge < -0.3 is 14.6 Å². The van der Waals surface area contributed by atoms with E-state index < -0.39 is 0 Å². The molecule has 1 saturated heterocycles. The van der Waals surface area contributed by atoms with Crippen LogP contribution in [-0.4, -0.2) is 29.3 Å². The molecular formula is C16H28N4O. The quantitative estimate of drug-likeness (QED) is 0.904. The highest BCUT2D eigenvalue weighted by atomic mass is 16.4. The van der Waals surface area contributed by atoms with E-state index in [-0.39, 0.29) is 0 Å². The number of piperidine rings is 1. The van der Waals surface area contributed by atoms with Crippen molar-refractivity contribution in [2.24, 2.45) is 11.8 Å². The van der Waals surface area contributed by atoms with Crippen LogP contribution in [0.1, 0.15) is 58.3 Å². The number of hydrogen-bond acceptors (Lipinski definition) is 5. The third-order valence-electron chi connectivity index (χ3n) is 4.77. The molecule has 0 spiro atoms. The van der Waals surface area contributed by atoms with Gasteiger partial charge in [-0.05, 0) is 44.1 Å². The van der Waals surface area contributed by atoms with E-state index in [1.165, 1.54) is 38.5 Å². The zero-order valence-electron chi connectivity index (χ0n) is 13.3. The number of anilines is 1. The van der Waals surface area contributed by atoms with Crippen LogP contribution in [0, 0.1) is 11.8 Å². The molecule has 0 amide bonds. The average Bonchev–Trinajstić information content (AvgIpc) is 2.95. The highest BCUT2D eigenvalue weighted by Crippen LogP contribution is 2.37. The Bertz CT molecular complexity index is 443. The van der Waals surface area contributed by atoms with Gasteiger partial charge in [0.2, 0.25) is 5.89 Å². The molecule has 3 rings (SSSR count). The minimum Gasteiger partial charge on any atom is -0.407 e. The predicted octanol–water partition coefficient (Wildman–Crippen LogP) is 2.97. The van der Waals surface area contributed by atoms with E-state index in [2.05, 4.69) is 34.3 Å². The smallest absolute Gasteiger partial charge is 0.318 e. The minimum atomic E-state index is 0.629. The van der Waals surface area contributed by atoms with Crippen molar-refractivity contribution in [2.45, 2.75) is 65.0 Å².